The molecule has 0 aliphatic heterocycles. The lowest BCUT2D eigenvalue weighted by molar-refractivity contribution is 0.303. The van der Waals surface area contributed by atoms with E-state index >= 15 is 0 Å². The molecule has 0 saturated carbocycles. The van der Waals surface area contributed by atoms with E-state index in [4.69, 9.17) is 26.3 Å². The van der Waals surface area contributed by atoms with Crippen molar-refractivity contribution < 1.29 is 13.9 Å². The van der Waals surface area contributed by atoms with Crippen molar-refractivity contribution in [1.82, 2.24) is 0 Å². The van der Waals surface area contributed by atoms with Crippen molar-refractivity contribution in [2.45, 2.75) is 6.61 Å². The van der Waals surface area contributed by atoms with Crippen molar-refractivity contribution in [3.05, 3.63) is 58.4 Å². The van der Waals surface area contributed by atoms with Crippen LogP contribution in [-0.2, 0) is 6.61 Å². The van der Waals surface area contributed by atoms with E-state index in [1.807, 2.05) is 6.07 Å². The van der Waals surface area contributed by atoms with E-state index in [0.29, 0.717) is 27.6 Å². The van der Waals surface area contributed by atoms with Gasteiger partial charge in [0.2, 0.25) is 0 Å². The SMILES string of the molecule is COc1cc(C#N)cc(OCc2ccc(F)cc2Cl)c1. The zero-order valence-corrected chi connectivity index (χ0v) is 11.4. The molecular formula is C15H11ClFNO2. The lowest BCUT2D eigenvalue weighted by Crippen LogP contribution is -1.97. The summed E-state index contributed by atoms with van der Waals surface area (Å²) in [6.45, 7) is 0.178. The average molecular weight is 292 g/mol. The average Bonchev–Trinajstić information content (AvgIpc) is 2.46. The van der Waals surface area contributed by atoms with E-state index in [2.05, 4.69) is 0 Å². The highest BCUT2D eigenvalue weighted by atomic mass is 35.5. The molecule has 0 bridgehead atoms. The maximum Gasteiger partial charge on any atom is 0.124 e. The molecular weight excluding hydrogens is 281 g/mol. The van der Waals surface area contributed by atoms with Gasteiger partial charge in [0.1, 0.15) is 23.9 Å². The van der Waals surface area contributed by atoms with Crippen LogP contribution in [0.25, 0.3) is 0 Å². The summed E-state index contributed by atoms with van der Waals surface area (Å²) in [6.07, 6.45) is 0. The van der Waals surface area contributed by atoms with E-state index in [0.717, 1.165) is 0 Å². The summed E-state index contributed by atoms with van der Waals surface area (Å²) in [7, 11) is 1.51. The number of ether oxygens (including phenoxy) is 2. The van der Waals surface area contributed by atoms with E-state index in [9.17, 15) is 4.39 Å². The minimum Gasteiger partial charge on any atom is -0.497 e. The van der Waals surface area contributed by atoms with Gasteiger partial charge in [-0.05, 0) is 24.3 Å². The monoisotopic (exact) mass is 291 g/mol. The first kappa shape index (κ1) is 14.2. The molecule has 0 N–H and O–H groups in total. The van der Waals surface area contributed by atoms with Crippen LogP contribution in [0.5, 0.6) is 11.5 Å². The predicted molar refractivity (Wildman–Crippen MR) is 73.5 cm³/mol. The number of rotatable bonds is 4. The van der Waals surface area contributed by atoms with Crippen molar-refractivity contribution in [2.24, 2.45) is 0 Å². The third kappa shape index (κ3) is 3.40. The Kier molecular flexibility index (Phi) is 4.44. The van der Waals surface area contributed by atoms with Gasteiger partial charge in [0.15, 0.2) is 0 Å². The Morgan fingerprint density at radius 2 is 1.95 bits per heavy atom. The molecule has 0 radical (unpaired) electrons. The van der Waals surface area contributed by atoms with Gasteiger partial charge in [-0.3, -0.25) is 0 Å². The van der Waals surface area contributed by atoms with Gasteiger partial charge < -0.3 is 9.47 Å². The number of hydrogen-bond donors (Lipinski definition) is 0. The number of nitrogens with zero attached hydrogens (tertiary/aromatic N) is 1. The van der Waals surface area contributed by atoms with Gasteiger partial charge in [0.25, 0.3) is 0 Å². The number of nitriles is 1. The Balaban J connectivity index is 2.16. The van der Waals surface area contributed by atoms with Gasteiger partial charge in [-0.2, -0.15) is 5.26 Å². The summed E-state index contributed by atoms with van der Waals surface area (Å²) < 4.78 is 23.6. The second-order valence-corrected chi connectivity index (χ2v) is 4.44. The number of halogens is 2. The van der Waals surface area contributed by atoms with Crippen molar-refractivity contribution in [1.29, 1.82) is 5.26 Å². The molecule has 102 valence electrons. The van der Waals surface area contributed by atoms with Gasteiger partial charge in [0.05, 0.1) is 23.8 Å². The lowest BCUT2D eigenvalue weighted by atomic mass is 10.2. The van der Waals surface area contributed by atoms with Crippen LogP contribution in [-0.4, -0.2) is 7.11 Å². The van der Waals surface area contributed by atoms with Crippen LogP contribution in [0.1, 0.15) is 11.1 Å². The molecule has 20 heavy (non-hydrogen) atoms. The summed E-state index contributed by atoms with van der Waals surface area (Å²) in [5.74, 6) is 0.623. The Morgan fingerprint density at radius 3 is 2.60 bits per heavy atom. The molecule has 0 aliphatic rings. The van der Waals surface area contributed by atoms with Crippen LogP contribution >= 0.6 is 11.6 Å². The molecule has 0 aromatic heterocycles. The lowest BCUT2D eigenvalue weighted by Gasteiger charge is -2.09. The molecule has 2 aromatic carbocycles. The Morgan fingerprint density at radius 1 is 1.20 bits per heavy atom. The van der Waals surface area contributed by atoms with Gasteiger partial charge >= 0.3 is 0 Å². The Labute approximate surface area is 121 Å². The molecule has 0 fully saturated rings. The highest BCUT2D eigenvalue weighted by Gasteiger charge is 2.05. The molecule has 5 heteroatoms. The van der Waals surface area contributed by atoms with Crippen LogP contribution < -0.4 is 9.47 Å². The summed E-state index contributed by atoms with van der Waals surface area (Å²) in [4.78, 5) is 0. The zero-order valence-electron chi connectivity index (χ0n) is 10.7. The van der Waals surface area contributed by atoms with Crippen LogP contribution in [0.2, 0.25) is 5.02 Å². The predicted octanol–water partition coefficient (Wildman–Crippen LogP) is 3.94. The molecule has 0 heterocycles. The minimum absolute atomic E-state index is 0.178. The normalized spacial score (nSPS) is 9.90. The number of hydrogen-bond acceptors (Lipinski definition) is 3. The first-order chi connectivity index (χ1) is 9.62. The Hall–Kier alpha value is -2.25. The van der Waals surface area contributed by atoms with Gasteiger partial charge in [0, 0.05) is 11.6 Å². The van der Waals surface area contributed by atoms with Crippen molar-refractivity contribution in [2.75, 3.05) is 7.11 Å². The van der Waals surface area contributed by atoms with Gasteiger partial charge in [-0.25, -0.2) is 4.39 Å². The summed E-state index contributed by atoms with van der Waals surface area (Å²) in [5, 5.41) is 9.22. The standard InChI is InChI=1S/C15H11ClFNO2/c1-19-13-4-10(8-18)5-14(7-13)20-9-11-2-3-12(17)6-15(11)16/h2-7H,9H2,1H3. The maximum atomic E-state index is 12.9. The fourth-order valence-electron chi connectivity index (χ4n) is 1.64. The topological polar surface area (TPSA) is 42.2 Å². The molecule has 0 spiro atoms. The molecule has 0 unspecified atom stereocenters. The van der Waals surface area contributed by atoms with E-state index < -0.39 is 5.82 Å². The van der Waals surface area contributed by atoms with Gasteiger partial charge in [-0.15, -0.1) is 0 Å². The fraction of sp³-hybridized carbons (Fsp3) is 0.133. The van der Waals surface area contributed by atoms with Crippen molar-refractivity contribution in [3.63, 3.8) is 0 Å². The highest BCUT2D eigenvalue weighted by molar-refractivity contribution is 6.31. The second-order valence-electron chi connectivity index (χ2n) is 4.03. The van der Waals surface area contributed by atoms with Crippen molar-refractivity contribution >= 4 is 11.6 Å². The second kappa shape index (κ2) is 6.27. The van der Waals surface area contributed by atoms with E-state index in [-0.39, 0.29) is 6.61 Å². The number of benzene rings is 2. The molecule has 0 saturated heterocycles. The third-order valence-electron chi connectivity index (χ3n) is 2.65. The maximum absolute atomic E-state index is 12.9. The molecule has 0 amide bonds. The molecule has 0 aliphatic carbocycles. The van der Waals surface area contributed by atoms with Crippen LogP contribution in [0.4, 0.5) is 4.39 Å². The molecule has 2 aromatic rings. The van der Waals surface area contributed by atoms with Crippen LogP contribution in [0, 0.1) is 17.1 Å². The molecule has 2 rings (SSSR count). The van der Waals surface area contributed by atoms with Crippen LogP contribution in [0.3, 0.4) is 0 Å². The quantitative estimate of drug-likeness (QED) is 0.857. The number of methoxy groups -OCH3 is 1. The van der Waals surface area contributed by atoms with E-state index in [1.54, 1.807) is 24.3 Å². The Bertz CT molecular complexity index is 667. The smallest absolute Gasteiger partial charge is 0.124 e. The fourth-order valence-corrected chi connectivity index (χ4v) is 1.86. The minimum atomic E-state index is -0.396. The molecule has 3 nitrogen and oxygen atoms in total. The van der Waals surface area contributed by atoms with Gasteiger partial charge in [-0.1, -0.05) is 17.7 Å². The summed E-state index contributed by atoms with van der Waals surface area (Å²) in [6, 6.07) is 11.0. The van der Waals surface area contributed by atoms with Crippen LogP contribution in [0.15, 0.2) is 36.4 Å². The van der Waals surface area contributed by atoms with Crippen molar-refractivity contribution in [3.8, 4) is 17.6 Å². The summed E-state index contributed by atoms with van der Waals surface area (Å²) >= 11 is 5.92. The largest absolute Gasteiger partial charge is 0.497 e. The first-order valence-corrected chi connectivity index (χ1v) is 6.16. The molecule has 0 atom stereocenters. The summed E-state index contributed by atoms with van der Waals surface area (Å²) in [5.41, 5.74) is 1.10. The highest BCUT2D eigenvalue weighted by Crippen LogP contribution is 2.24. The zero-order chi connectivity index (χ0) is 14.5. The first-order valence-electron chi connectivity index (χ1n) is 5.78. The third-order valence-corrected chi connectivity index (χ3v) is 3.01. The van der Waals surface area contributed by atoms with E-state index in [1.165, 1.54) is 19.2 Å².